The molecule has 2 N–H and O–H groups in total. The van der Waals surface area contributed by atoms with Crippen LogP contribution in [0.2, 0.25) is 0 Å². The van der Waals surface area contributed by atoms with Crippen LogP contribution in [0.25, 0.3) is 17.0 Å². The van der Waals surface area contributed by atoms with Crippen LogP contribution in [0.3, 0.4) is 0 Å². The Morgan fingerprint density at radius 3 is 2.75 bits per heavy atom. The van der Waals surface area contributed by atoms with Gasteiger partial charge in [0.25, 0.3) is 0 Å². The van der Waals surface area contributed by atoms with Crippen molar-refractivity contribution in [1.82, 2.24) is 0 Å². The highest BCUT2D eigenvalue weighted by atomic mass is 16.3. The number of primary amides is 1. The molecule has 0 atom stereocenters. The van der Waals surface area contributed by atoms with Crippen LogP contribution in [0, 0.1) is 0 Å². The van der Waals surface area contributed by atoms with Crippen LogP contribution in [-0.4, -0.2) is 12.1 Å². The normalized spacial score (nSPS) is 12.5. The Balaban J connectivity index is 1.85. The van der Waals surface area contributed by atoms with Crippen molar-refractivity contribution in [2.45, 2.75) is 12.8 Å². The molecule has 3 aromatic rings. The second kappa shape index (κ2) is 5.81. The van der Waals surface area contributed by atoms with E-state index in [2.05, 4.69) is 17.1 Å². The van der Waals surface area contributed by atoms with Crippen molar-refractivity contribution < 1.29 is 9.21 Å². The highest BCUT2D eigenvalue weighted by Gasteiger charge is 2.20. The molecule has 2 aromatic carbocycles. The van der Waals surface area contributed by atoms with E-state index in [9.17, 15) is 4.79 Å². The average Bonchev–Trinajstić information content (AvgIpc) is 2.91. The number of carbonyl (C=O) groups excluding carboxylic acids is 1. The molecule has 4 rings (SSSR count). The molecule has 118 valence electrons. The predicted molar refractivity (Wildman–Crippen MR) is 95.2 cm³/mol. The lowest BCUT2D eigenvalue weighted by Crippen LogP contribution is -2.15. The SMILES string of the molecule is NC(=O)c1cc2c3c(coc3c1CCc1ccccc1)C=NC=C2. The molecule has 2 heterocycles. The fourth-order valence-electron chi connectivity index (χ4n) is 3.18. The zero-order chi connectivity index (χ0) is 16.5. The second-order valence-electron chi connectivity index (χ2n) is 5.83. The quantitative estimate of drug-likeness (QED) is 0.797. The zero-order valence-electron chi connectivity index (χ0n) is 13.0. The number of nitrogens with two attached hydrogens (primary N) is 1. The minimum atomic E-state index is -0.437. The van der Waals surface area contributed by atoms with Crippen molar-refractivity contribution in [1.29, 1.82) is 0 Å². The summed E-state index contributed by atoms with van der Waals surface area (Å²) >= 11 is 0. The van der Waals surface area contributed by atoms with Gasteiger partial charge in [-0.05, 0) is 36.1 Å². The Kier molecular flexibility index (Phi) is 3.50. The van der Waals surface area contributed by atoms with Crippen molar-refractivity contribution in [2.75, 3.05) is 0 Å². The summed E-state index contributed by atoms with van der Waals surface area (Å²) in [5.41, 5.74) is 10.8. The third kappa shape index (κ3) is 2.42. The standard InChI is InChI=1S/C20H16N2O2/c21-20(23)17-10-14-8-9-22-11-15-12-24-19(18(14)15)16(17)7-6-13-4-2-1-3-5-13/h1-5,8-12H,6-7H2,(H2,21,23). The van der Waals surface area contributed by atoms with E-state index in [0.29, 0.717) is 12.0 Å². The summed E-state index contributed by atoms with van der Waals surface area (Å²) in [6.45, 7) is 0. The van der Waals surface area contributed by atoms with Crippen LogP contribution in [0.15, 0.2) is 58.3 Å². The van der Waals surface area contributed by atoms with Crippen molar-refractivity contribution in [3.63, 3.8) is 0 Å². The summed E-state index contributed by atoms with van der Waals surface area (Å²) < 4.78 is 5.79. The molecule has 0 fully saturated rings. The van der Waals surface area contributed by atoms with Gasteiger partial charge in [0.15, 0.2) is 0 Å². The largest absolute Gasteiger partial charge is 0.463 e. The van der Waals surface area contributed by atoms with Crippen molar-refractivity contribution >= 4 is 29.2 Å². The molecule has 1 aromatic heterocycles. The maximum Gasteiger partial charge on any atom is 0.249 e. The van der Waals surface area contributed by atoms with Crippen LogP contribution in [0.5, 0.6) is 0 Å². The molecule has 4 heteroatoms. The monoisotopic (exact) mass is 316 g/mol. The number of nitrogens with zero attached hydrogens (tertiary/aromatic N) is 1. The van der Waals surface area contributed by atoms with Crippen LogP contribution in [0.1, 0.15) is 32.6 Å². The van der Waals surface area contributed by atoms with E-state index in [1.54, 1.807) is 18.7 Å². The van der Waals surface area contributed by atoms with Gasteiger partial charge < -0.3 is 10.2 Å². The maximum atomic E-state index is 12.0. The molecule has 0 saturated heterocycles. The van der Waals surface area contributed by atoms with Gasteiger partial charge in [0.2, 0.25) is 5.91 Å². The molecule has 0 bridgehead atoms. The van der Waals surface area contributed by atoms with Crippen LogP contribution in [-0.2, 0) is 12.8 Å². The fourth-order valence-corrected chi connectivity index (χ4v) is 3.18. The predicted octanol–water partition coefficient (Wildman–Crippen LogP) is 3.72. The molecule has 0 unspecified atom stereocenters. The lowest BCUT2D eigenvalue weighted by Gasteiger charge is -2.10. The van der Waals surface area contributed by atoms with Crippen LogP contribution >= 0.6 is 0 Å². The highest BCUT2D eigenvalue weighted by molar-refractivity contribution is 6.08. The zero-order valence-corrected chi connectivity index (χ0v) is 13.0. The highest BCUT2D eigenvalue weighted by Crippen LogP contribution is 2.33. The topological polar surface area (TPSA) is 68.6 Å². The summed E-state index contributed by atoms with van der Waals surface area (Å²) in [5.74, 6) is -0.437. The summed E-state index contributed by atoms with van der Waals surface area (Å²) in [7, 11) is 0. The lowest BCUT2D eigenvalue weighted by atomic mass is 9.93. The molecule has 24 heavy (non-hydrogen) atoms. The van der Waals surface area contributed by atoms with Gasteiger partial charge in [0.05, 0.1) is 0 Å². The number of rotatable bonds is 4. The molecule has 0 radical (unpaired) electrons. The first kappa shape index (κ1) is 14.5. The molecule has 1 aliphatic rings. The number of carbonyl (C=O) groups is 1. The van der Waals surface area contributed by atoms with Crippen molar-refractivity contribution in [3.05, 3.63) is 76.7 Å². The molecule has 0 aliphatic carbocycles. The van der Waals surface area contributed by atoms with E-state index in [0.717, 1.165) is 34.1 Å². The molecule has 0 saturated carbocycles. The first-order chi connectivity index (χ1) is 11.7. The average molecular weight is 316 g/mol. The molecule has 1 aliphatic heterocycles. The van der Waals surface area contributed by atoms with E-state index < -0.39 is 5.91 Å². The number of hydrogen-bond acceptors (Lipinski definition) is 3. The summed E-state index contributed by atoms with van der Waals surface area (Å²) in [5, 5.41) is 0.987. The van der Waals surface area contributed by atoms with Gasteiger partial charge in [-0.1, -0.05) is 30.3 Å². The maximum absolute atomic E-state index is 12.0. The van der Waals surface area contributed by atoms with Gasteiger partial charge in [-0.2, -0.15) is 0 Å². The lowest BCUT2D eigenvalue weighted by molar-refractivity contribution is 0.0999. The minimum absolute atomic E-state index is 0.437. The van der Waals surface area contributed by atoms with Gasteiger partial charge in [-0.3, -0.25) is 9.79 Å². The Bertz CT molecular complexity index is 982. The van der Waals surface area contributed by atoms with Gasteiger partial charge in [-0.25, -0.2) is 0 Å². The molecular formula is C20H16N2O2. The number of aryl methyl sites for hydroxylation is 2. The Hall–Kier alpha value is -3.14. The number of benzene rings is 2. The molecule has 1 amide bonds. The Morgan fingerprint density at radius 2 is 1.96 bits per heavy atom. The minimum Gasteiger partial charge on any atom is -0.463 e. The third-order valence-electron chi connectivity index (χ3n) is 4.33. The second-order valence-corrected chi connectivity index (χ2v) is 5.83. The third-order valence-corrected chi connectivity index (χ3v) is 4.33. The van der Waals surface area contributed by atoms with E-state index in [1.807, 2.05) is 30.3 Å². The van der Waals surface area contributed by atoms with E-state index in [-0.39, 0.29) is 0 Å². The number of furan rings is 1. The van der Waals surface area contributed by atoms with Gasteiger partial charge >= 0.3 is 0 Å². The summed E-state index contributed by atoms with van der Waals surface area (Å²) in [6, 6.07) is 12.0. The summed E-state index contributed by atoms with van der Waals surface area (Å²) in [6.07, 6.45) is 8.54. The van der Waals surface area contributed by atoms with Crippen molar-refractivity contribution in [3.8, 4) is 0 Å². The summed E-state index contributed by atoms with van der Waals surface area (Å²) in [4.78, 5) is 16.2. The van der Waals surface area contributed by atoms with E-state index in [4.69, 9.17) is 10.2 Å². The smallest absolute Gasteiger partial charge is 0.249 e. The van der Waals surface area contributed by atoms with E-state index >= 15 is 0 Å². The van der Waals surface area contributed by atoms with Crippen molar-refractivity contribution in [2.24, 2.45) is 10.7 Å². The Labute approximate surface area is 139 Å². The van der Waals surface area contributed by atoms with Gasteiger partial charge in [0.1, 0.15) is 11.8 Å². The van der Waals surface area contributed by atoms with Crippen LogP contribution < -0.4 is 5.73 Å². The fraction of sp³-hybridized carbons (Fsp3) is 0.100. The molecular weight excluding hydrogens is 300 g/mol. The van der Waals surface area contributed by atoms with E-state index in [1.165, 1.54) is 5.56 Å². The molecule has 0 spiro atoms. The Morgan fingerprint density at radius 1 is 1.12 bits per heavy atom. The van der Waals surface area contributed by atoms with Crippen LogP contribution in [0.4, 0.5) is 0 Å². The van der Waals surface area contributed by atoms with Gasteiger partial charge in [0, 0.05) is 34.5 Å². The first-order valence-corrected chi connectivity index (χ1v) is 7.84. The molecule has 4 nitrogen and oxygen atoms in total. The number of aliphatic imine (C=N–C) groups is 1. The van der Waals surface area contributed by atoms with Gasteiger partial charge in [-0.15, -0.1) is 0 Å². The number of amides is 1. The first-order valence-electron chi connectivity index (χ1n) is 7.84. The number of hydrogen-bond donors (Lipinski definition) is 1.